The lowest BCUT2D eigenvalue weighted by Crippen LogP contribution is -2.03. The van der Waals surface area contributed by atoms with Crippen LogP contribution in [0.25, 0.3) is 11.3 Å². The first kappa shape index (κ1) is 17.3. The van der Waals surface area contributed by atoms with E-state index in [1.54, 1.807) is 23.0 Å². The Bertz CT molecular complexity index is 1010. The van der Waals surface area contributed by atoms with Gasteiger partial charge in [-0.05, 0) is 61.7 Å². The maximum Gasteiger partial charge on any atom is 0.217 e. The Labute approximate surface area is 158 Å². The van der Waals surface area contributed by atoms with Crippen LogP contribution in [0.4, 0.5) is 0 Å². The van der Waals surface area contributed by atoms with Crippen LogP contribution in [0.1, 0.15) is 35.6 Å². The molecule has 0 bridgehead atoms. The lowest BCUT2D eigenvalue weighted by Gasteiger charge is -2.12. The van der Waals surface area contributed by atoms with Crippen molar-refractivity contribution < 1.29 is 4.74 Å². The second-order valence-corrected chi connectivity index (χ2v) is 6.82. The molecule has 1 saturated carbocycles. The molecule has 2 heterocycles. The van der Waals surface area contributed by atoms with E-state index in [2.05, 4.69) is 16.2 Å². The van der Waals surface area contributed by atoms with Gasteiger partial charge in [-0.2, -0.15) is 10.4 Å². The molecule has 0 spiro atoms. The van der Waals surface area contributed by atoms with Gasteiger partial charge < -0.3 is 10.5 Å². The minimum Gasteiger partial charge on any atom is -0.439 e. The zero-order chi connectivity index (χ0) is 18.8. The number of nitrogens with two attached hydrogens (primary N) is 1. The van der Waals surface area contributed by atoms with E-state index in [9.17, 15) is 5.26 Å². The summed E-state index contributed by atoms with van der Waals surface area (Å²) in [5.41, 5.74) is 10.0. The van der Waals surface area contributed by atoms with Crippen LogP contribution < -0.4 is 10.5 Å². The molecule has 1 fully saturated rings. The number of hydrogen-bond donors (Lipinski definition) is 1. The maximum absolute atomic E-state index is 9.29. The number of nitriles is 1. The van der Waals surface area contributed by atoms with E-state index in [0.29, 0.717) is 29.7 Å². The predicted octanol–water partition coefficient (Wildman–Crippen LogP) is 3.52. The van der Waals surface area contributed by atoms with Crippen LogP contribution in [-0.4, -0.2) is 21.3 Å². The van der Waals surface area contributed by atoms with Gasteiger partial charge in [0.05, 0.1) is 23.0 Å². The summed E-state index contributed by atoms with van der Waals surface area (Å²) < 4.78 is 7.93. The van der Waals surface area contributed by atoms with Crippen molar-refractivity contribution in [3.05, 3.63) is 59.4 Å². The highest BCUT2D eigenvalue weighted by molar-refractivity contribution is 5.69. The maximum atomic E-state index is 9.29. The molecule has 0 atom stereocenters. The third kappa shape index (κ3) is 3.69. The molecule has 0 aliphatic heterocycles. The van der Waals surface area contributed by atoms with E-state index in [1.807, 2.05) is 31.3 Å². The quantitative estimate of drug-likeness (QED) is 0.727. The van der Waals surface area contributed by atoms with Crippen LogP contribution in [0.15, 0.2) is 42.6 Å². The number of hydrogen-bond acceptors (Lipinski definition) is 5. The zero-order valence-corrected chi connectivity index (χ0v) is 15.2. The van der Waals surface area contributed by atoms with Crippen LogP contribution in [0.5, 0.6) is 11.6 Å². The Kier molecular flexibility index (Phi) is 4.61. The number of aryl methyl sites for hydroxylation is 1. The van der Waals surface area contributed by atoms with E-state index < -0.39 is 0 Å². The second-order valence-electron chi connectivity index (χ2n) is 6.82. The Balaban J connectivity index is 1.73. The molecule has 1 aliphatic rings. The summed E-state index contributed by atoms with van der Waals surface area (Å²) in [4.78, 5) is 4.49. The van der Waals surface area contributed by atoms with E-state index in [1.165, 1.54) is 12.8 Å². The summed E-state index contributed by atoms with van der Waals surface area (Å²) in [5, 5.41) is 13.8. The second kappa shape index (κ2) is 7.22. The van der Waals surface area contributed by atoms with Crippen molar-refractivity contribution >= 4 is 0 Å². The normalized spacial score (nSPS) is 13.4. The molecule has 6 nitrogen and oxygen atoms in total. The molecule has 6 heteroatoms. The van der Waals surface area contributed by atoms with Gasteiger partial charge >= 0.3 is 0 Å². The highest BCUT2D eigenvalue weighted by Crippen LogP contribution is 2.41. The van der Waals surface area contributed by atoms with Crippen molar-refractivity contribution in [3.63, 3.8) is 0 Å². The summed E-state index contributed by atoms with van der Waals surface area (Å²) >= 11 is 0. The van der Waals surface area contributed by atoms with Gasteiger partial charge in [-0.3, -0.25) is 4.98 Å². The lowest BCUT2D eigenvalue weighted by molar-refractivity contribution is 0.431. The number of ether oxygens (including phenoxy) is 1. The van der Waals surface area contributed by atoms with Crippen LogP contribution in [0, 0.1) is 11.3 Å². The molecule has 0 amide bonds. The first-order valence-corrected chi connectivity index (χ1v) is 9.09. The fourth-order valence-electron chi connectivity index (χ4n) is 3.09. The van der Waals surface area contributed by atoms with Crippen LogP contribution in [0.3, 0.4) is 0 Å². The van der Waals surface area contributed by atoms with Gasteiger partial charge in [-0.25, -0.2) is 4.68 Å². The number of benzene rings is 1. The summed E-state index contributed by atoms with van der Waals surface area (Å²) in [7, 11) is 1.87. The van der Waals surface area contributed by atoms with Gasteiger partial charge in [-0.15, -0.1) is 0 Å². The topological polar surface area (TPSA) is 89.8 Å². The average molecular weight is 359 g/mol. The molecule has 2 aromatic heterocycles. The molecule has 1 aliphatic carbocycles. The van der Waals surface area contributed by atoms with Gasteiger partial charge in [0, 0.05) is 30.8 Å². The molecule has 0 radical (unpaired) electrons. The number of rotatable bonds is 6. The Morgan fingerprint density at radius 3 is 2.85 bits per heavy atom. The number of pyridine rings is 1. The molecular formula is C21H21N5O. The van der Waals surface area contributed by atoms with Gasteiger partial charge in [0.1, 0.15) is 5.75 Å². The Hall–Kier alpha value is -3.17. The molecule has 2 N–H and O–H groups in total. The Morgan fingerprint density at radius 2 is 2.11 bits per heavy atom. The summed E-state index contributed by atoms with van der Waals surface area (Å²) in [6, 6.07) is 13.5. The zero-order valence-electron chi connectivity index (χ0n) is 15.2. The van der Waals surface area contributed by atoms with Crippen LogP contribution in [-0.2, 0) is 13.5 Å². The third-order valence-electron chi connectivity index (χ3n) is 4.71. The minimum atomic E-state index is 0.538. The minimum absolute atomic E-state index is 0.538. The molecule has 4 rings (SSSR count). The van der Waals surface area contributed by atoms with E-state index in [0.717, 1.165) is 28.9 Å². The van der Waals surface area contributed by atoms with E-state index in [-0.39, 0.29) is 0 Å². The first-order valence-electron chi connectivity index (χ1n) is 9.09. The fraction of sp³-hybridized carbons (Fsp3) is 0.286. The van der Waals surface area contributed by atoms with Gasteiger partial charge in [0.15, 0.2) is 0 Å². The Morgan fingerprint density at radius 1 is 1.26 bits per heavy atom. The molecule has 27 heavy (non-hydrogen) atoms. The SMILES string of the molecule is Cn1nc(C2CC2)cc1Oc1cc(C#N)ccc1-c1cc(CCN)ccn1. The van der Waals surface area contributed by atoms with Gasteiger partial charge in [0.25, 0.3) is 0 Å². The third-order valence-corrected chi connectivity index (χ3v) is 4.71. The lowest BCUT2D eigenvalue weighted by atomic mass is 10.0. The highest BCUT2D eigenvalue weighted by Gasteiger charge is 2.27. The monoisotopic (exact) mass is 359 g/mol. The smallest absolute Gasteiger partial charge is 0.217 e. The molecule has 0 saturated heterocycles. The van der Waals surface area contributed by atoms with Crippen molar-refractivity contribution in [1.82, 2.24) is 14.8 Å². The number of nitrogens with zero attached hydrogens (tertiary/aromatic N) is 4. The van der Waals surface area contributed by atoms with Crippen molar-refractivity contribution in [3.8, 4) is 29.0 Å². The van der Waals surface area contributed by atoms with Gasteiger partial charge in [-0.1, -0.05) is 0 Å². The van der Waals surface area contributed by atoms with E-state index in [4.69, 9.17) is 10.5 Å². The highest BCUT2D eigenvalue weighted by atomic mass is 16.5. The van der Waals surface area contributed by atoms with Crippen LogP contribution in [0.2, 0.25) is 0 Å². The average Bonchev–Trinajstić information content (AvgIpc) is 3.47. The van der Waals surface area contributed by atoms with Crippen molar-refractivity contribution in [2.24, 2.45) is 12.8 Å². The molecule has 136 valence electrons. The molecule has 0 unspecified atom stereocenters. The van der Waals surface area contributed by atoms with Gasteiger partial charge in [0.2, 0.25) is 5.88 Å². The van der Waals surface area contributed by atoms with Crippen molar-refractivity contribution in [2.75, 3.05) is 6.54 Å². The molecular weight excluding hydrogens is 338 g/mol. The van der Waals surface area contributed by atoms with E-state index >= 15 is 0 Å². The molecule has 3 aromatic rings. The van der Waals surface area contributed by atoms with Crippen LogP contribution >= 0.6 is 0 Å². The summed E-state index contributed by atoms with van der Waals surface area (Å²) in [6.07, 6.45) is 4.93. The van der Waals surface area contributed by atoms with Crippen molar-refractivity contribution in [1.29, 1.82) is 5.26 Å². The predicted molar refractivity (Wildman–Crippen MR) is 102 cm³/mol. The largest absolute Gasteiger partial charge is 0.439 e. The standard InChI is InChI=1S/C21H21N5O/c1-26-21(12-18(25-26)16-3-4-16)27-20-11-15(13-23)2-5-17(20)19-10-14(6-8-22)7-9-24-19/h2,5,7,9-12,16H,3-4,6,8,22H2,1H3. The molecule has 1 aromatic carbocycles. The number of aromatic nitrogens is 3. The fourth-order valence-corrected chi connectivity index (χ4v) is 3.09. The summed E-state index contributed by atoms with van der Waals surface area (Å²) in [5.74, 6) is 1.80. The first-order chi connectivity index (χ1) is 13.2. The summed E-state index contributed by atoms with van der Waals surface area (Å²) in [6.45, 7) is 0.582. The van der Waals surface area contributed by atoms with Crippen molar-refractivity contribution in [2.45, 2.75) is 25.2 Å².